The van der Waals surface area contributed by atoms with Gasteiger partial charge in [0.2, 0.25) is 0 Å². The van der Waals surface area contributed by atoms with Gasteiger partial charge in [-0.3, -0.25) is 4.79 Å². The summed E-state index contributed by atoms with van der Waals surface area (Å²) < 4.78 is 1.59. The lowest BCUT2D eigenvalue weighted by Gasteiger charge is -2.33. The third-order valence-electron chi connectivity index (χ3n) is 6.01. The van der Waals surface area contributed by atoms with Crippen LogP contribution in [0.1, 0.15) is 64.1 Å². The molecule has 0 bridgehead atoms. The van der Waals surface area contributed by atoms with Crippen molar-refractivity contribution in [1.82, 2.24) is 9.55 Å². The molecule has 7 nitrogen and oxygen atoms in total. The topological polar surface area (TPSA) is 83.5 Å². The first-order valence-corrected chi connectivity index (χ1v) is 12.1. The van der Waals surface area contributed by atoms with Crippen LogP contribution in [-0.4, -0.2) is 34.5 Å². The van der Waals surface area contributed by atoms with Gasteiger partial charge in [-0.05, 0) is 51.3 Å². The molecule has 2 heterocycles. The van der Waals surface area contributed by atoms with Crippen molar-refractivity contribution in [3.8, 4) is 6.07 Å². The zero-order valence-electron chi connectivity index (χ0n) is 21.4. The van der Waals surface area contributed by atoms with Gasteiger partial charge < -0.3 is 14.3 Å². The number of fused-ring (bicyclic) bond motifs is 1. The van der Waals surface area contributed by atoms with Crippen LogP contribution in [0.3, 0.4) is 0 Å². The number of hydrogen-bond donors (Lipinski definition) is 0. The van der Waals surface area contributed by atoms with E-state index in [1.165, 1.54) is 19.3 Å². The number of nitrogens with zero attached hydrogens (tertiary/aromatic N) is 5. The molecule has 184 valence electrons. The summed E-state index contributed by atoms with van der Waals surface area (Å²) >= 11 is 0. The molecule has 0 aliphatic heterocycles. The van der Waals surface area contributed by atoms with E-state index in [4.69, 9.17) is 10.1 Å². The number of benzene rings is 1. The fraction of sp³-hybridized carbons (Fsp3) is 0.429. The number of pyridine rings is 2. The first-order valence-electron chi connectivity index (χ1n) is 12.1. The maximum Gasteiger partial charge on any atom is 0.252 e. The number of rotatable bonds is 4. The minimum Gasteiger partial charge on any atom is -0.390 e. The van der Waals surface area contributed by atoms with E-state index in [-0.39, 0.29) is 11.2 Å². The standard InChI is InChI=1S/C17H20N4O.C11H15NO/c1-20(13-6-4-3-5-7-13)15-10-16(22)21(2)14-9-8-12(11-18)19-17(14)15;1-11(2,3)13-12-9-10-7-5-4-6-8-10/h8-10,13H,3-7H2,1-2H3;4-9H,1-3H3/b;12-9+. The van der Waals surface area contributed by atoms with E-state index in [0.29, 0.717) is 11.7 Å². The molecule has 35 heavy (non-hydrogen) atoms. The van der Waals surface area contributed by atoms with E-state index in [9.17, 15) is 4.79 Å². The van der Waals surface area contributed by atoms with Gasteiger partial charge in [0.05, 0.1) is 17.4 Å². The Hall–Kier alpha value is -3.66. The molecule has 7 heteroatoms. The molecule has 2 aromatic heterocycles. The van der Waals surface area contributed by atoms with Crippen LogP contribution in [0, 0.1) is 11.3 Å². The van der Waals surface area contributed by atoms with Gasteiger partial charge in [0.25, 0.3) is 5.56 Å². The third kappa shape index (κ3) is 7.16. The summed E-state index contributed by atoms with van der Waals surface area (Å²) in [6.07, 6.45) is 7.75. The lowest BCUT2D eigenvalue weighted by Crippen LogP contribution is -2.34. The molecule has 4 rings (SSSR count). The highest BCUT2D eigenvalue weighted by Crippen LogP contribution is 2.29. The predicted molar refractivity (Wildman–Crippen MR) is 142 cm³/mol. The van der Waals surface area contributed by atoms with Gasteiger partial charge in [-0.2, -0.15) is 5.26 Å². The molecule has 0 amide bonds. The lowest BCUT2D eigenvalue weighted by molar-refractivity contribution is 0.00199. The van der Waals surface area contributed by atoms with Crippen molar-refractivity contribution in [2.75, 3.05) is 11.9 Å². The SMILES string of the molecule is CC(C)(C)O/N=C/c1ccccc1.CN(c1cc(=O)n(C)c2ccc(C#N)nc12)C1CCCCC1. The maximum absolute atomic E-state index is 12.2. The smallest absolute Gasteiger partial charge is 0.252 e. The van der Waals surface area contributed by atoms with E-state index in [2.05, 4.69) is 21.1 Å². The Morgan fingerprint density at radius 3 is 2.46 bits per heavy atom. The van der Waals surface area contributed by atoms with Crippen LogP contribution in [0.25, 0.3) is 11.0 Å². The van der Waals surface area contributed by atoms with E-state index in [0.717, 1.165) is 35.1 Å². The van der Waals surface area contributed by atoms with Crippen molar-refractivity contribution < 1.29 is 4.84 Å². The summed E-state index contributed by atoms with van der Waals surface area (Å²) in [4.78, 5) is 24.1. The van der Waals surface area contributed by atoms with Crippen molar-refractivity contribution >= 4 is 22.9 Å². The van der Waals surface area contributed by atoms with Gasteiger partial charge >= 0.3 is 0 Å². The third-order valence-corrected chi connectivity index (χ3v) is 6.01. The Morgan fingerprint density at radius 2 is 1.83 bits per heavy atom. The monoisotopic (exact) mass is 473 g/mol. The minimum absolute atomic E-state index is 0.0448. The Balaban J connectivity index is 0.000000225. The minimum atomic E-state index is -0.217. The van der Waals surface area contributed by atoms with Gasteiger partial charge in [0, 0.05) is 26.2 Å². The summed E-state index contributed by atoms with van der Waals surface area (Å²) in [5.74, 6) is 0. The van der Waals surface area contributed by atoms with Gasteiger partial charge in [0.1, 0.15) is 22.9 Å². The molecule has 0 saturated heterocycles. The number of anilines is 1. The van der Waals surface area contributed by atoms with Crippen molar-refractivity contribution in [2.24, 2.45) is 12.2 Å². The van der Waals surface area contributed by atoms with Crippen LogP contribution in [-0.2, 0) is 11.9 Å². The summed E-state index contributed by atoms with van der Waals surface area (Å²) in [5, 5.41) is 13.0. The predicted octanol–water partition coefficient (Wildman–Crippen LogP) is 5.41. The second-order valence-electron chi connectivity index (χ2n) is 9.85. The number of aryl methyl sites for hydroxylation is 1. The van der Waals surface area contributed by atoms with Crippen LogP contribution in [0.5, 0.6) is 0 Å². The van der Waals surface area contributed by atoms with Crippen LogP contribution in [0.15, 0.2) is 58.5 Å². The van der Waals surface area contributed by atoms with Crippen molar-refractivity contribution in [3.63, 3.8) is 0 Å². The van der Waals surface area contributed by atoms with E-state index < -0.39 is 0 Å². The van der Waals surface area contributed by atoms with E-state index >= 15 is 0 Å². The maximum atomic E-state index is 12.2. The number of oxime groups is 1. The highest BCUT2D eigenvalue weighted by atomic mass is 16.6. The molecule has 3 aromatic rings. The largest absolute Gasteiger partial charge is 0.390 e. The molecule has 1 aromatic carbocycles. The van der Waals surface area contributed by atoms with Gasteiger partial charge in [-0.25, -0.2) is 4.98 Å². The zero-order valence-corrected chi connectivity index (χ0v) is 21.4. The first kappa shape index (κ1) is 26.0. The molecular weight excluding hydrogens is 438 g/mol. The number of aromatic nitrogens is 2. The number of hydrogen-bond acceptors (Lipinski definition) is 6. The molecule has 0 spiro atoms. The summed E-state index contributed by atoms with van der Waals surface area (Å²) in [5.41, 5.74) is 3.50. The molecule has 0 radical (unpaired) electrons. The molecular formula is C28H35N5O2. The normalized spacial score (nSPS) is 14.3. The van der Waals surface area contributed by atoms with Gasteiger partial charge in [-0.15, -0.1) is 0 Å². The second kappa shape index (κ2) is 11.7. The average molecular weight is 474 g/mol. The fourth-order valence-corrected chi connectivity index (χ4v) is 4.09. The van der Waals surface area contributed by atoms with Crippen molar-refractivity contribution in [2.45, 2.75) is 64.5 Å². The Kier molecular flexibility index (Phi) is 8.64. The summed E-state index contributed by atoms with van der Waals surface area (Å²) in [7, 11) is 3.77. The van der Waals surface area contributed by atoms with Crippen LogP contribution in [0.4, 0.5) is 5.69 Å². The quantitative estimate of drug-likeness (QED) is 0.374. The van der Waals surface area contributed by atoms with Gasteiger partial charge in [0.15, 0.2) is 0 Å². The number of nitriles is 1. The van der Waals surface area contributed by atoms with E-state index in [1.54, 1.807) is 36.0 Å². The molecule has 1 saturated carbocycles. The molecule has 0 atom stereocenters. The van der Waals surface area contributed by atoms with Crippen LogP contribution < -0.4 is 10.5 Å². The molecule has 0 N–H and O–H groups in total. The Labute approximate surface area is 207 Å². The zero-order chi connectivity index (χ0) is 25.4. The molecule has 1 fully saturated rings. The van der Waals surface area contributed by atoms with Crippen molar-refractivity contribution in [3.05, 3.63) is 70.1 Å². The molecule has 1 aliphatic carbocycles. The molecule has 1 aliphatic rings. The Morgan fingerprint density at radius 1 is 1.14 bits per heavy atom. The average Bonchev–Trinajstić information content (AvgIpc) is 2.86. The summed E-state index contributed by atoms with van der Waals surface area (Å²) in [6.45, 7) is 5.90. The fourth-order valence-electron chi connectivity index (χ4n) is 4.09. The van der Waals surface area contributed by atoms with Crippen LogP contribution >= 0.6 is 0 Å². The Bertz CT molecular complexity index is 1250. The van der Waals surface area contributed by atoms with Gasteiger partial charge in [-0.1, -0.05) is 54.8 Å². The summed E-state index contributed by atoms with van der Waals surface area (Å²) in [6, 6.07) is 17.5. The first-order chi connectivity index (χ1) is 16.7. The van der Waals surface area contributed by atoms with E-state index in [1.807, 2.05) is 58.2 Å². The highest BCUT2D eigenvalue weighted by Gasteiger charge is 2.21. The molecule has 0 unspecified atom stereocenters. The second-order valence-corrected chi connectivity index (χ2v) is 9.85. The lowest BCUT2D eigenvalue weighted by atomic mass is 9.94. The van der Waals surface area contributed by atoms with Crippen molar-refractivity contribution in [1.29, 1.82) is 5.26 Å². The van der Waals surface area contributed by atoms with Crippen LogP contribution in [0.2, 0.25) is 0 Å². The highest BCUT2D eigenvalue weighted by molar-refractivity contribution is 5.88.